The lowest BCUT2D eigenvalue weighted by atomic mass is 10.1. The van der Waals surface area contributed by atoms with Gasteiger partial charge in [0.25, 0.3) is 5.91 Å². The third-order valence-electron chi connectivity index (χ3n) is 3.58. The summed E-state index contributed by atoms with van der Waals surface area (Å²) in [6, 6.07) is 4.08. The van der Waals surface area contributed by atoms with Crippen LogP contribution in [0.25, 0.3) is 0 Å². The van der Waals surface area contributed by atoms with Crippen molar-refractivity contribution >= 4 is 11.9 Å². The molecule has 7 heteroatoms. The van der Waals surface area contributed by atoms with Crippen molar-refractivity contribution in [1.29, 1.82) is 0 Å². The van der Waals surface area contributed by atoms with Crippen LogP contribution in [0.5, 0.6) is 11.5 Å². The van der Waals surface area contributed by atoms with Gasteiger partial charge in [0, 0.05) is 25.2 Å². The first-order chi connectivity index (χ1) is 10.2. The quantitative estimate of drug-likeness (QED) is 0.795. The second-order valence-corrected chi connectivity index (χ2v) is 4.92. The number of piperazine rings is 1. The number of aliphatic carboxylic acids is 1. The maximum atomic E-state index is 12.5. The Morgan fingerprint density at radius 2 is 2.00 bits per heavy atom. The molecular weight excluding hydrogens is 276 g/mol. The summed E-state index contributed by atoms with van der Waals surface area (Å²) in [7, 11) is 0. The molecule has 0 spiro atoms. The van der Waals surface area contributed by atoms with Crippen molar-refractivity contribution in [2.45, 2.75) is 6.04 Å². The molecule has 7 nitrogen and oxygen atoms in total. The Hall–Kier alpha value is -2.28. The summed E-state index contributed by atoms with van der Waals surface area (Å²) in [5.41, 5.74) is 0.410. The SMILES string of the molecule is O=C(O)C1CNCCN1C(=O)c1ccc2c(c1)OCCO2. The number of hydrogen-bond donors (Lipinski definition) is 2. The number of carboxylic acid groups (broad SMARTS) is 1. The van der Waals surface area contributed by atoms with Gasteiger partial charge in [-0.3, -0.25) is 4.79 Å². The van der Waals surface area contributed by atoms with Crippen LogP contribution < -0.4 is 14.8 Å². The number of nitrogens with one attached hydrogen (secondary N) is 1. The fourth-order valence-electron chi connectivity index (χ4n) is 2.51. The molecule has 2 aliphatic heterocycles. The zero-order valence-electron chi connectivity index (χ0n) is 11.4. The molecule has 2 heterocycles. The smallest absolute Gasteiger partial charge is 0.327 e. The van der Waals surface area contributed by atoms with E-state index >= 15 is 0 Å². The lowest BCUT2D eigenvalue weighted by Gasteiger charge is -2.33. The Labute approximate surface area is 121 Å². The highest BCUT2D eigenvalue weighted by Gasteiger charge is 2.32. The molecule has 1 fully saturated rings. The molecule has 0 aliphatic carbocycles. The van der Waals surface area contributed by atoms with E-state index in [1.807, 2.05) is 0 Å². The van der Waals surface area contributed by atoms with E-state index in [4.69, 9.17) is 9.47 Å². The lowest BCUT2D eigenvalue weighted by Crippen LogP contribution is -2.56. The summed E-state index contributed by atoms with van der Waals surface area (Å²) < 4.78 is 10.9. The molecular formula is C14H16N2O5. The summed E-state index contributed by atoms with van der Waals surface area (Å²) in [5.74, 6) is -0.184. The fraction of sp³-hybridized carbons (Fsp3) is 0.429. The number of benzene rings is 1. The van der Waals surface area contributed by atoms with Gasteiger partial charge < -0.3 is 24.8 Å². The zero-order valence-corrected chi connectivity index (χ0v) is 11.4. The number of carbonyl (C=O) groups excluding carboxylic acids is 1. The second-order valence-electron chi connectivity index (χ2n) is 4.92. The minimum Gasteiger partial charge on any atom is -0.486 e. The second kappa shape index (κ2) is 5.61. The van der Waals surface area contributed by atoms with Crippen molar-refractivity contribution in [2.75, 3.05) is 32.8 Å². The summed E-state index contributed by atoms with van der Waals surface area (Å²) in [6.07, 6.45) is 0. The molecule has 1 aromatic rings. The summed E-state index contributed by atoms with van der Waals surface area (Å²) in [4.78, 5) is 25.2. The predicted octanol–water partition coefficient (Wildman–Crippen LogP) is -0.0436. The Morgan fingerprint density at radius 3 is 2.76 bits per heavy atom. The number of amides is 1. The largest absolute Gasteiger partial charge is 0.486 e. The van der Waals surface area contributed by atoms with Crippen molar-refractivity contribution in [1.82, 2.24) is 10.2 Å². The molecule has 0 radical (unpaired) electrons. The third kappa shape index (κ3) is 2.64. The Balaban J connectivity index is 1.85. The minimum absolute atomic E-state index is 0.256. The van der Waals surface area contributed by atoms with Crippen LogP contribution in [0.2, 0.25) is 0 Å². The molecule has 3 rings (SSSR count). The molecule has 1 amide bonds. The van der Waals surface area contributed by atoms with Gasteiger partial charge in [0.1, 0.15) is 19.3 Å². The van der Waals surface area contributed by atoms with Crippen molar-refractivity contribution in [3.8, 4) is 11.5 Å². The van der Waals surface area contributed by atoms with Crippen LogP contribution in [-0.2, 0) is 4.79 Å². The average molecular weight is 292 g/mol. The van der Waals surface area contributed by atoms with Gasteiger partial charge in [-0.1, -0.05) is 0 Å². The highest BCUT2D eigenvalue weighted by atomic mass is 16.6. The number of carbonyl (C=O) groups is 2. The number of fused-ring (bicyclic) bond motifs is 1. The van der Waals surface area contributed by atoms with E-state index in [9.17, 15) is 14.7 Å². The zero-order chi connectivity index (χ0) is 14.8. The van der Waals surface area contributed by atoms with Gasteiger partial charge in [0.05, 0.1) is 0 Å². The van der Waals surface area contributed by atoms with Crippen LogP contribution in [0.3, 0.4) is 0 Å². The normalized spacial score (nSPS) is 21.0. The van der Waals surface area contributed by atoms with Crippen molar-refractivity contribution in [2.24, 2.45) is 0 Å². The molecule has 1 unspecified atom stereocenters. The number of rotatable bonds is 2. The Morgan fingerprint density at radius 1 is 1.24 bits per heavy atom. The van der Waals surface area contributed by atoms with Gasteiger partial charge in [0.15, 0.2) is 11.5 Å². The molecule has 1 aromatic carbocycles. The van der Waals surface area contributed by atoms with E-state index in [2.05, 4.69) is 5.32 Å². The van der Waals surface area contributed by atoms with Crippen molar-refractivity contribution in [3.05, 3.63) is 23.8 Å². The van der Waals surface area contributed by atoms with Gasteiger partial charge >= 0.3 is 5.97 Å². The van der Waals surface area contributed by atoms with Crippen molar-refractivity contribution in [3.63, 3.8) is 0 Å². The lowest BCUT2D eigenvalue weighted by molar-refractivity contribution is -0.142. The van der Waals surface area contributed by atoms with E-state index in [0.29, 0.717) is 43.4 Å². The van der Waals surface area contributed by atoms with E-state index in [0.717, 1.165) is 0 Å². The standard InChI is InChI=1S/C14H16N2O5/c17-13(16-4-3-15-8-10(16)14(18)19)9-1-2-11-12(7-9)21-6-5-20-11/h1-2,7,10,15H,3-6,8H2,(H,18,19). The maximum absolute atomic E-state index is 12.5. The molecule has 1 atom stereocenters. The van der Waals surface area contributed by atoms with Gasteiger partial charge in [-0.25, -0.2) is 4.79 Å². The van der Waals surface area contributed by atoms with Crippen LogP contribution in [0.4, 0.5) is 0 Å². The van der Waals surface area contributed by atoms with Crippen LogP contribution in [0, 0.1) is 0 Å². The highest BCUT2D eigenvalue weighted by molar-refractivity contribution is 5.97. The topological polar surface area (TPSA) is 88.1 Å². The predicted molar refractivity (Wildman–Crippen MR) is 72.8 cm³/mol. The first kappa shape index (κ1) is 13.7. The first-order valence-electron chi connectivity index (χ1n) is 6.81. The molecule has 112 valence electrons. The molecule has 0 aromatic heterocycles. The number of nitrogens with zero attached hydrogens (tertiary/aromatic N) is 1. The molecule has 0 saturated carbocycles. The summed E-state index contributed by atoms with van der Waals surface area (Å²) in [6.45, 7) is 2.13. The summed E-state index contributed by atoms with van der Waals surface area (Å²) >= 11 is 0. The van der Waals surface area contributed by atoms with Crippen LogP contribution >= 0.6 is 0 Å². The number of ether oxygens (including phenoxy) is 2. The van der Waals surface area contributed by atoms with E-state index in [-0.39, 0.29) is 12.5 Å². The van der Waals surface area contributed by atoms with Gasteiger partial charge in [-0.05, 0) is 18.2 Å². The maximum Gasteiger partial charge on any atom is 0.327 e. The Bertz CT molecular complexity index is 574. The molecule has 2 aliphatic rings. The van der Waals surface area contributed by atoms with Crippen LogP contribution in [0.15, 0.2) is 18.2 Å². The van der Waals surface area contributed by atoms with Crippen LogP contribution in [0.1, 0.15) is 10.4 Å². The minimum atomic E-state index is -1.01. The Kier molecular flexibility index (Phi) is 3.66. The molecule has 2 N–H and O–H groups in total. The monoisotopic (exact) mass is 292 g/mol. The van der Waals surface area contributed by atoms with Crippen LogP contribution in [-0.4, -0.2) is 60.8 Å². The van der Waals surface area contributed by atoms with Gasteiger partial charge in [-0.15, -0.1) is 0 Å². The van der Waals surface area contributed by atoms with Crippen molar-refractivity contribution < 1.29 is 24.2 Å². The summed E-state index contributed by atoms with van der Waals surface area (Å²) in [5, 5.41) is 12.2. The molecule has 1 saturated heterocycles. The van der Waals surface area contributed by atoms with E-state index < -0.39 is 12.0 Å². The van der Waals surface area contributed by atoms with E-state index in [1.165, 1.54) is 4.90 Å². The molecule has 21 heavy (non-hydrogen) atoms. The first-order valence-corrected chi connectivity index (χ1v) is 6.81. The third-order valence-corrected chi connectivity index (χ3v) is 3.58. The van der Waals surface area contributed by atoms with E-state index in [1.54, 1.807) is 18.2 Å². The number of carboxylic acids is 1. The fourth-order valence-corrected chi connectivity index (χ4v) is 2.51. The highest BCUT2D eigenvalue weighted by Crippen LogP contribution is 2.31. The average Bonchev–Trinajstić information content (AvgIpc) is 2.53. The number of hydrogen-bond acceptors (Lipinski definition) is 5. The van der Waals surface area contributed by atoms with Gasteiger partial charge in [0.2, 0.25) is 0 Å². The molecule has 0 bridgehead atoms. The van der Waals surface area contributed by atoms with Gasteiger partial charge in [-0.2, -0.15) is 0 Å².